The summed E-state index contributed by atoms with van der Waals surface area (Å²) in [7, 11) is 0. The second-order valence-electron chi connectivity index (χ2n) is 7.02. The molecule has 0 aliphatic rings. The third-order valence-electron chi connectivity index (χ3n) is 4.57. The van der Waals surface area contributed by atoms with Gasteiger partial charge in [-0.2, -0.15) is 0 Å². The summed E-state index contributed by atoms with van der Waals surface area (Å²) >= 11 is 6.32. The number of anilines is 1. The zero-order valence-electron chi connectivity index (χ0n) is 16.7. The molecule has 152 valence electrons. The summed E-state index contributed by atoms with van der Waals surface area (Å²) in [6, 6.07) is 18.2. The van der Waals surface area contributed by atoms with Crippen LogP contribution < -0.4 is 10.1 Å². The first-order valence-electron chi connectivity index (χ1n) is 9.75. The number of nitrogens with one attached hydrogen (secondary N) is 1. The van der Waals surface area contributed by atoms with Crippen molar-refractivity contribution in [3.63, 3.8) is 0 Å². The number of oxazole rings is 1. The Kier molecular flexibility index (Phi) is 5.72. The number of benzene rings is 3. The van der Waals surface area contributed by atoms with Crippen LogP contribution in [0.2, 0.25) is 5.02 Å². The molecule has 0 aliphatic heterocycles. The van der Waals surface area contributed by atoms with E-state index in [0.717, 1.165) is 23.1 Å². The molecule has 4 aromatic rings. The molecule has 1 aromatic heterocycles. The van der Waals surface area contributed by atoms with E-state index in [1.54, 1.807) is 30.3 Å². The Morgan fingerprint density at radius 2 is 2.00 bits per heavy atom. The molecule has 0 saturated carbocycles. The van der Waals surface area contributed by atoms with Crippen molar-refractivity contribution in [1.82, 2.24) is 4.98 Å². The summed E-state index contributed by atoms with van der Waals surface area (Å²) in [5, 5.41) is 3.30. The van der Waals surface area contributed by atoms with Gasteiger partial charge in [0.15, 0.2) is 5.58 Å². The number of amides is 1. The van der Waals surface area contributed by atoms with Crippen molar-refractivity contribution in [2.45, 2.75) is 20.3 Å². The minimum Gasteiger partial charge on any atom is -0.494 e. The van der Waals surface area contributed by atoms with Crippen LogP contribution in [0.3, 0.4) is 0 Å². The molecular weight excluding hydrogens is 400 g/mol. The molecular formula is C24H21ClN2O3. The summed E-state index contributed by atoms with van der Waals surface area (Å²) < 4.78 is 11.5. The maximum atomic E-state index is 12.8. The van der Waals surface area contributed by atoms with Crippen LogP contribution in [0.4, 0.5) is 5.69 Å². The largest absolute Gasteiger partial charge is 0.494 e. The fourth-order valence-electron chi connectivity index (χ4n) is 3.06. The molecule has 0 fully saturated rings. The van der Waals surface area contributed by atoms with Gasteiger partial charge >= 0.3 is 0 Å². The highest BCUT2D eigenvalue weighted by Crippen LogP contribution is 2.31. The van der Waals surface area contributed by atoms with Crippen molar-refractivity contribution in [3.05, 3.63) is 76.8 Å². The van der Waals surface area contributed by atoms with E-state index in [0.29, 0.717) is 40.1 Å². The van der Waals surface area contributed by atoms with E-state index < -0.39 is 0 Å². The number of aromatic nitrogens is 1. The molecule has 0 radical (unpaired) electrons. The van der Waals surface area contributed by atoms with Gasteiger partial charge in [0, 0.05) is 11.1 Å². The fraction of sp³-hybridized carbons (Fsp3) is 0.167. The second kappa shape index (κ2) is 8.59. The van der Waals surface area contributed by atoms with Gasteiger partial charge in [-0.15, -0.1) is 0 Å². The molecule has 1 amide bonds. The summed E-state index contributed by atoms with van der Waals surface area (Å²) in [5.74, 6) is 0.855. The van der Waals surface area contributed by atoms with E-state index in [1.807, 2.05) is 44.2 Å². The van der Waals surface area contributed by atoms with Crippen LogP contribution in [-0.4, -0.2) is 17.5 Å². The molecule has 0 unspecified atom stereocenters. The Morgan fingerprint density at radius 3 is 2.83 bits per heavy atom. The van der Waals surface area contributed by atoms with Gasteiger partial charge in [0.05, 0.1) is 17.3 Å². The molecule has 0 saturated heterocycles. The van der Waals surface area contributed by atoms with Crippen molar-refractivity contribution >= 4 is 34.3 Å². The van der Waals surface area contributed by atoms with E-state index in [9.17, 15) is 4.79 Å². The number of carbonyl (C=O) groups is 1. The van der Waals surface area contributed by atoms with Gasteiger partial charge in [0.2, 0.25) is 5.89 Å². The monoisotopic (exact) mass is 420 g/mol. The highest BCUT2D eigenvalue weighted by atomic mass is 35.5. The number of halogens is 1. The standard InChI is InChI=1S/C24H21ClN2O3/c1-3-11-29-18-6-4-5-16(13-18)23(28)26-20-14-17(8-9-19(20)25)24-27-21-12-15(2)7-10-22(21)30-24/h4-10,12-14H,3,11H2,1-2H3,(H,26,28). The topological polar surface area (TPSA) is 64.4 Å². The highest BCUT2D eigenvalue weighted by molar-refractivity contribution is 6.34. The number of fused-ring (bicyclic) bond motifs is 1. The molecule has 30 heavy (non-hydrogen) atoms. The van der Waals surface area contributed by atoms with Gasteiger partial charge in [0.25, 0.3) is 5.91 Å². The van der Waals surface area contributed by atoms with E-state index >= 15 is 0 Å². The van der Waals surface area contributed by atoms with Gasteiger partial charge in [-0.1, -0.05) is 30.7 Å². The lowest BCUT2D eigenvalue weighted by Gasteiger charge is -2.10. The predicted octanol–water partition coefficient (Wildman–Crippen LogP) is 6.50. The molecule has 3 aromatic carbocycles. The van der Waals surface area contributed by atoms with E-state index in [4.69, 9.17) is 20.8 Å². The number of rotatable bonds is 6. The SMILES string of the molecule is CCCOc1cccc(C(=O)Nc2cc(-c3nc4cc(C)ccc4o3)ccc2Cl)c1. The normalized spacial score (nSPS) is 10.9. The van der Waals surface area contributed by atoms with Crippen LogP contribution in [0.25, 0.3) is 22.6 Å². The highest BCUT2D eigenvalue weighted by Gasteiger charge is 2.14. The first kappa shape index (κ1) is 20.0. The van der Waals surface area contributed by atoms with Gasteiger partial charge in [-0.25, -0.2) is 4.98 Å². The van der Waals surface area contributed by atoms with Gasteiger partial charge < -0.3 is 14.5 Å². The van der Waals surface area contributed by atoms with Gasteiger partial charge in [0.1, 0.15) is 11.3 Å². The molecule has 0 atom stereocenters. The molecule has 5 nitrogen and oxygen atoms in total. The Labute approximate surface area is 179 Å². The van der Waals surface area contributed by atoms with E-state index in [-0.39, 0.29) is 5.91 Å². The average Bonchev–Trinajstić information content (AvgIpc) is 3.17. The van der Waals surface area contributed by atoms with Crippen LogP contribution in [0.1, 0.15) is 29.3 Å². The molecule has 1 N–H and O–H groups in total. The minimum atomic E-state index is -0.274. The summed E-state index contributed by atoms with van der Waals surface area (Å²) in [6.07, 6.45) is 0.897. The summed E-state index contributed by atoms with van der Waals surface area (Å²) in [5.41, 5.74) is 4.30. The van der Waals surface area contributed by atoms with E-state index in [2.05, 4.69) is 10.3 Å². The molecule has 0 bridgehead atoms. The predicted molar refractivity (Wildman–Crippen MR) is 119 cm³/mol. The Hall–Kier alpha value is -3.31. The van der Waals surface area contributed by atoms with Crippen molar-refractivity contribution < 1.29 is 13.9 Å². The number of carbonyl (C=O) groups excluding carboxylic acids is 1. The second-order valence-corrected chi connectivity index (χ2v) is 7.42. The average molecular weight is 421 g/mol. The third-order valence-corrected chi connectivity index (χ3v) is 4.90. The van der Waals surface area contributed by atoms with Gasteiger partial charge in [-0.05, 0) is 67.4 Å². The third kappa shape index (κ3) is 4.31. The van der Waals surface area contributed by atoms with E-state index in [1.165, 1.54) is 0 Å². The van der Waals surface area contributed by atoms with Crippen molar-refractivity contribution in [2.24, 2.45) is 0 Å². The van der Waals surface area contributed by atoms with Crippen LogP contribution in [-0.2, 0) is 0 Å². The van der Waals surface area contributed by atoms with Gasteiger partial charge in [-0.3, -0.25) is 4.79 Å². The number of hydrogen-bond acceptors (Lipinski definition) is 4. The minimum absolute atomic E-state index is 0.274. The first-order valence-corrected chi connectivity index (χ1v) is 10.1. The lowest BCUT2D eigenvalue weighted by Crippen LogP contribution is -2.12. The van der Waals surface area contributed by atoms with Crippen LogP contribution in [0, 0.1) is 6.92 Å². The van der Waals surface area contributed by atoms with Crippen molar-refractivity contribution in [2.75, 3.05) is 11.9 Å². The first-order chi connectivity index (χ1) is 14.5. The van der Waals surface area contributed by atoms with Crippen molar-refractivity contribution in [3.8, 4) is 17.2 Å². The van der Waals surface area contributed by atoms with Crippen LogP contribution >= 0.6 is 11.6 Å². The Bertz CT molecular complexity index is 1220. The lowest BCUT2D eigenvalue weighted by atomic mass is 10.1. The zero-order chi connectivity index (χ0) is 21.1. The Balaban J connectivity index is 1.59. The maximum Gasteiger partial charge on any atom is 0.255 e. The summed E-state index contributed by atoms with van der Waals surface area (Å²) in [4.78, 5) is 17.3. The number of hydrogen-bond donors (Lipinski definition) is 1. The smallest absolute Gasteiger partial charge is 0.255 e. The lowest BCUT2D eigenvalue weighted by molar-refractivity contribution is 0.102. The molecule has 1 heterocycles. The molecule has 0 spiro atoms. The van der Waals surface area contributed by atoms with Crippen LogP contribution in [0.15, 0.2) is 65.1 Å². The quantitative estimate of drug-likeness (QED) is 0.386. The number of aryl methyl sites for hydroxylation is 1. The molecule has 4 rings (SSSR count). The maximum absolute atomic E-state index is 12.8. The summed E-state index contributed by atoms with van der Waals surface area (Å²) in [6.45, 7) is 4.64. The molecule has 6 heteroatoms. The number of ether oxygens (including phenoxy) is 1. The molecule has 0 aliphatic carbocycles. The van der Waals surface area contributed by atoms with Crippen LogP contribution in [0.5, 0.6) is 5.75 Å². The zero-order valence-corrected chi connectivity index (χ0v) is 17.5. The fourth-order valence-corrected chi connectivity index (χ4v) is 3.22. The Morgan fingerprint density at radius 1 is 1.13 bits per heavy atom. The van der Waals surface area contributed by atoms with Crippen molar-refractivity contribution in [1.29, 1.82) is 0 Å². The number of nitrogens with zero attached hydrogens (tertiary/aromatic N) is 1.